The average Bonchev–Trinajstić information content (AvgIpc) is 2.03. The molecule has 0 aromatic carbocycles. The molecule has 1 amide bonds. The van der Waals surface area contributed by atoms with Gasteiger partial charge >= 0.3 is 0 Å². The first-order valence-electron chi connectivity index (χ1n) is 4.73. The lowest BCUT2D eigenvalue weighted by Gasteiger charge is -2.36. The average molecular weight is 186 g/mol. The summed E-state index contributed by atoms with van der Waals surface area (Å²) in [6.07, 6.45) is 0.0861. The number of amides is 1. The Kier molecular flexibility index (Phi) is 3.27. The predicted octanol–water partition coefficient (Wildman–Crippen LogP) is -0.437. The molecule has 2 unspecified atom stereocenters. The third-order valence-corrected chi connectivity index (χ3v) is 2.71. The Morgan fingerprint density at radius 3 is 2.62 bits per heavy atom. The molecule has 1 saturated heterocycles. The highest BCUT2D eigenvalue weighted by Gasteiger charge is 2.31. The molecule has 2 atom stereocenters. The van der Waals surface area contributed by atoms with E-state index in [9.17, 15) is 9.90 Å². The van der Waals surface area contributed by atoms with Gasteiger partial charge in [-0.15, -0.1) is 0 Å². The van der Waals surface area contributed by atoms with Crippen molar-refractivity contribution in [3.05, 3.63) is 0 Å². The number of primary amides is 1. The van der Waals surface area contributed by atoms with Crippen molar-refractivity contribution in [3.63, 3.8) is 0 Å². The normalized spacial score (nSPS) is 30.8. The number of carbonyl (C=O) groups is 1. The second kappa shape index (κ2) is 4.07. The van der Waals surface area contributed by atoms with E-state index in [1.807, 2.05) is 0 Å². The van der Waals surface area contributed by atoms with Crippen LogP contribution < -0.4 is 5.73 Å². The van der Waals surface area contributed by atoms with E-state index in [-0.39, 0.29) is 11.8 Å². The highest BCUT2D eigenvalue weighted by atomic mass is 16.3. The lowest BCUT2D eigenvalue weighted by Crippen LogP contribution is -2.50. The Morgan fingerprint density at radius 1 is 1.62 bits per heavy atom. The van der Waals surface area contributed by atoms with Crippen molar-refractivity contribution in [2.24, 2.45) is 11.7 Å². The van der Waals surface area contributed by atoms with Crippen molar-refractivity contribution >= 4 is 5.91 Å². The smallest absolute Gasteiger partial charge is 0.223 e. The Hall–Kier alpha value is -0.610. The summed E-state index contributed by atoms with van der Waals surface area (Å²) >= 11 is 0. The summed E-state index contributed by atoms with van der Waals surface area (Å²) in [4.78, 5) is 13.0. The second-order valence-electron chi connectivity index (χ2n) is 3.95. The minimum Gasteiger partial charge on any atom is -0.391 e. The van der Waals surface area contributed by atoms with Gasteiger partial charge < -0.3 is 10.8 Å². The molecule has 0 aliphatic carbocycles. The molecule has 0 aromatic heterocycles. The van der Waals surface area contributed by atoms with Gasteiger partial charge in [-0.25, -0.2) is 0 Å². The van der Waals surface area contributed by atoms with Gasteiger partial charge in [-0.3, -0.25) is 9.69 Å². The van der Waals surface area contributed by atoms with Gasteiger partial charge in [0.05, 0.1) is 12.0 Å². The summed E-state index contributed by atoms with van der Waals surface area (Å²) < 4.78 is 0. The molecule has 1 aliphatic heterocycles. The molecule has 0 radical (unpaired) electrons. The monoisotopic (exact) mass is 186 g/mol. The van der Waals surface area contributed by atoms with Gasteiger partial charge in [0.25, 0.3) is 0 Å². The minimum absolute atomic E-state index is 0.352. The molecule has 76 valence electrons. The van der Waals surface area contributed by atoms with Crippen molar-refractivity contribution < 1.29 is 9.90 Å². The van der Waals surface area contributed by atoms with Gasteiger partial charge in [-0.1, -0.05) is 0 Å². The summed E-state index contributed by atoms with van der Waals surface area (Å²) in [5, 5.41) is 9.62. The van der Waals surface area contributed by atoms with E-state index in [4.69, 9.17) is 5.73 Å². The molecule has 1 rings (SSSR count). The molecular weight excluding hydrogens is 168 g/mol. The van der Waals surface area contributed by atoms with Gasteiger partial charge in [0.1, 0.15) is 0 Å². The van der Waals surface area contributed by atoms with E-state index in [0.717, 1.165) is 6.54 Å². The van der Waals surface area contributed by atoms with E-state index in [1.54, 1.807) is 0 Å². The van der Waals surface area contributed by atoms with Crippen molar-refractivity contribution in [2.75, 3.05) is 13.1 Å². The molecule has 3 N–H and O–H groups in total. The first-order chi connectivity index (χ1) is 6.02. The number of nitrogens with zero attached hydrogens (tertiary/aromatic N) is 1. The molecule has 4 heteroatoms. The van der Waals surface area contributed by atoms with Crippen molar-refractivity contribution in [3.8, 4) is 0 Å². The molecule has 0 bridgehead atoms. The topological polar surface area (TPSA) is 66.6 Å². The van der Waals surface area contributed by atoms with Gasteiger partial charge in [-0.05, 0) is 26.8 Å². The number of aliphatic hydroxyl groups is 1. The van der Waals surface area contributed by atoms with Crippen LogP contribution in [-0.4, -0.2) is 41.1 Å². The van der Waals surface area contributed by atoms with Gasteiger partial charge in [0, 0.05) is 12.6 Å². The van der Waals surface area contributed by atoms with Gasteiger partial charge in [0.2, 0.25) is 5.91 Å². The molecule has 13 heavy (non-hydrogen) atoms. The largest absolute Gasteiger partial charge is 0.391 e. The number of hydrogen-bond donors (Lipinski definition) is 2. The van der Waals surface area contributed by atoms with Crippen LogP contribution in [0.4, 0.5) is 0 Å². The number of aliphatic hydroxyl groups excluding tert-OH is 1. The van der Waals surface area contributed by atoms with Crippen LogP contribution in [0, 0.1) is 5.92 Å². The van der Waals surface area contributed by atoms with Gasteiger partial charge in [-0.2, -0.15) is 0 Å². The SMILES string of the molecule is CC(C)N1CCC(C(N)=O)C(O)C1. The molecule has 0 spiro atoms. The van der Waals surface area contributed by atoms with E-state index < -0.39 is 6.10 Å². The van der Waals surface area contributed by atoms with Crippen molar-refractivity contribution in [1.29, 1.82) is 0 Å². The molecule has 1 aliphatic rings. The van der Waals surface area contributed by atoms with Crippen LogP contribution in [0.3, 0.4) is 0 Å². The van der Waals surface area contributed by atoms with E-state index in [2.05, 4.69) is 18.7 Å². The van der Waals surface area contributed by atoms with E-state index >= 15 is 0 Å². The minimum atomic E-state index is -0.589. The summed E-state index contributed by atoms with van der Waals surface area (Å²) in [6.45, 7) is 5.57. The third kappa shape index (κ3) is 2.42. The fraction of sp³-hybridized carbons (Fsp3) is 0.889. The fourth-order valence-electron chi connectivity index (χ4n) is 1.76. The molecular formula is C9H18N2O2. The van der Waals surface area contributed by atoms with Crippen LogP contribution in [0.1, 0.15) is 20.3 Å². The maximum absolute atomic E-state index is 10.9. The molecule has 4 nitrogen and oxygen atoms in total. The quantitative estimate of drug-likeness (QED) is 0.614. The number of piperidine rings is 1. The lowest BCUT2D eigenvalue weighted by molar-refractivity contribution is -0.128. The van der Waals surface area contributed by atoms with Crippen LogP contribution in [0.5, 0.6) is 0 Å². The first kappa shape index (κ1) is 10.5. The standard InChI is InChI=1S/C9H18N2O2/c1-6(2)11-4-3-7(9(10)13)8(12)5-11/h6-8,12H,3-5H2,1-2H3,(H2,10,13). The maximum Gasteiger partial charge on any atom is 0.223 e. The van der Waals surface area contributed by atoms with Gasteiger partial charge in [0.15, 0.2) is 0 Å². The molecule has 1 fully saturated rings. The number of carbonyl (C=O) groups excluding carboxylic acids is 1. The predicted molar refractivity (Wildman–Crippen MR) is 50.0 cm³/mol. The van der Waals surface area contributed by atoms with Crippen molar-refractivity contribution in [1.82, 2.24) is 4.90 Å². The highest BCUT2D eigenvalue weighted by Crippen LogP contribution is 2.18. The third-order valence-electron chi connectivity index (χ3n) is 2.71. The Balaban J connectivity index is 2.51. The number of hydrogen-bond acceptors (Lipinski definition) is 3. The zero-order valence-electron chi connectivity index (χ0n) is 8.23. The number of rotatable bonds is 2. The Labute approximate surface area is 78.7 Å². The van der Waals surface area contributed by atoms with Crippen LogP contribution in [-0.2, 0) is 4.79 Å². The van der Waals surface area contributed by atoms with Crippen LogP contribution in [0.2, 0.25) is 0 Å². The van der Waals surface area contributed by atoms with E-state index in [0.29, 0.717) is 19.0 Å². The Bertz CT molecular complexity index is 194. The highest BCUT2D eigenvalue weighted by molar-refractivity contribution is 5.77. The van der Waals surface area contributed by atoms with Crippen LogP contribution in [0.25, 0.3) is 0 Å². The number of nitrogens with two attached hydrogens (primary N) is 1. The Morgan fingerprint density at radius 2 is 2.23 bits per heavy atom. The summed E-state index contributed by atoms with van der Waals surface area (Å²) in [7, 11) is 0. The van der Waals surface area contributed by atoms with Crippen molar-refractivity contribution in [2.45, 2.75) is 32.4 Å². The lowest BCUT2D eigenvalue weighted by atomic mass is 9.92. The summed E-state index contributed by atoms with van der Waals surface area (Å²) in [5.74, 6) is -0.731. The molecule has 0 saturated carbocycles. The fourth-order valence-corrected chi connectivity index (χ4v) is 1.76. The summed E-state index contributed by atoms with van der Waals surface area (Å²) in [5.41, 5.74) is 5.16. The first-order valence-corrected chi connectivity index (χ1v) is 4.73. The van der Waals surface area contributed by atoms with E-state index in [1.165, 1.54) is 0 Å². The number of β-amino-alcohol motifs (C(OH)–C–C–N with tert-alkyl or cyclic N) is 1. The number of likely N-dealkylation sites (tertiary alicyclic amines) is 1. The molecule has 0 aromatic rings. The zero-order chi connectivity index (χ0) is 10.0. The zero-order valence-corrected chi connectivity index (χ0v) is 8.23. The summed E-state index contributed by atoms with van der Waals surface area (Å²) in [6, 6.07) is 0.420. The van der Waals surface area contributed by atoms with Crippen LogP contribution in [0.15, 0.2) is 0 Å². The second-order valence-corrected chi connectivity index (χ2v) is 3.95. The molecule has 1 heterocycles. The van der Waals surface area contributed by atoms with Crippen LogP contribution >= 0.6 is 0 Å². The maximum atomic E-state index is 10.9.